The lowest BCUT2D eigenvalue weighted by Gasteiger charge is -2.26. The smallest absolute Gasteiger partial charge is 0.189 e. The molecule has 3 heterocycles. The van der Waals surface area contributed by atoms with Gasteiger partial charge in [0.25, 0.3) is 0 Å². The fourth-order valence-electron chi connectivity index (χ4n) is 3.09. The lowest BCUT2D eigenvalue weighted by molar-refractivity contribution is 0.262. The molecule has 2 aromatic heterocycles. The van der Waals surface area contributed by atoms with Gasteiger partial charge in [0.2, 0.25) is 0 Å². The highest BCUT2D eigenvalue weighted by Crippen LogP contribution is 2.31. The molecule has 1 atom stereocenters. The van der Waals surface area contributed by atoms with E-state index in [-0.39, 0.29) is 30.0 Å². The van der Waals surface area contributed by atoms with Crippen LogP contribution in [0.2, 0.25) is 0 Å². The van der Waals surface area contributed by atoms with Gasteiger partial charge in [0.1, 0.15) is 11.4 Å². The molecule has 0 fully saturated rings. The minimum absolute atomic E-state index is 0. The maximum Gasteiger partial charge on any atom is 0.189 e. The maximum atomic E-state index is 6.09. The molecule has 0 bridgehead atoms. The second-order valence-corrected chi connectivity index (χ2v) is 6.28. The van der Waals surface area contributed by atoms with E-state index in [0.29, 0.717) is 19.1 Å². The molecule has 7 heteroatoms. The third-order valence-corrected chi connectivity index (χ3v) is 4.36. The van der Waals surface area contributed by atoms with E-state index in [1.807, 2.05) is 41.1 Å². The van der Waals surface area contributed by atoms with Crippen molar-refractivity contribution in [2.45, 2.75) is 25.9 Å². The summed E-state index contributed by atoms with van der Waals surface area (Å²) in [6, 6.07) is 12.3. The van der Waals surface area contributed by atoms with Gasteiger partial charge < -0.3 is 20.2 Å². The summed E-state index contributed by atoms with van der Waals surface area (Å²) in [6.07, 6.45) is 4.85. The lowest BCUT2D eigenvalue weighted by atomic mass is 10.0. The Kier molecular flexibility index (Phi) is 5.65. The Morgan fingerprint density at radius 3 is 3.12 bits per heavy atom. The second-order valence-electron chi connectivity index (χ2n) is 6.28. The van der Waals surface area contributed by atoms with Gasteiger partial charge in [0.05, 0.1) is 24.9 Å². The SMILES string of the molecule is Cc1ccn2cc(CN=C(N)NC3CCOc4ccccc43)nc2c1.I. The molecule has 3 aromatic rings. The summed E-state index contributed by atoms with van der Waals surface area (Å²) in [5.41, 5.74) is 10.2. The Morgan fingerprint density at radius 2 is 2.23 bits per heavy atom. The first kappa shape index (κ1) is 18.5. The molecule has 1 unspecified atom stereocenters. The number of nitrogens with zero attached hydrogens (tertiary/aromatic N) is 3. The van der Waals surface area contributed by atoms with Crippen molar-refractivity contribution in [2.75, 3.05) is 6.61 Å². The topological polar surface area (TPSA) is 76.9 Å². The number of ether oxygens (including phenoxy) is 1. The summed E-state index contributed by atoms with van der Waals surface area (Å²) in [4.78, 5) is 9.03. The number of nitrogens with two attached hydrogens (primary N) is 1. The van der Waals surface area contributed by atoms with Crippen LogP contribution >= 0.6 is 24.0 Å². The van der Waals surface area contributed by atoms with Gasteiger partial charge in [-0.1, -0.05) is 18.2 Å². The number of hydrogen-bond acceptors (Lipinski definition) is 3. The number of aliphatic imine (C=N–C) groups is 1. The molecule has 4 rings (SSSR count). The van der Waals surface area contributed by atoms with Gasteiger partial charge in [0, 0.05) is 24.4 Å². The Labute approximate surface area is 169 Å². The monoisotopic (exact) mass is 463 g/mol. The van der Waals surface area contributed by atoms with Crippen molar-refractivity contribution in [3.63, 3.8) is 0 Å². The fourth-order valence-corrected chi connectivity index (χ4v) is 3.09. The van der Waals surface area contributed by atoms with Crippen molar-refractivity contribution in [1.29, 1.82) is 0 Å². The van der Waals surface area contributed by atoms with E-state index in [0.717, 1.165) is 29.1 Å². The molecule has 3 N–H and O–H groups in total. The average molecular weight is 463 g/mol. The van der Waals surface area contributed by atoms with Gasteiger partial charge in [0.15, 0.2) is 5.96 Å². The number of halogens is 1. The fraction of sp³-hybridized carbons (Fsp3) is 0.263. The van der Waals surface area contributed by atoms with Gasteiger partial charge in [-0.3, -0.25) is 0 Å². The van der Waals surface area contributed by atoms with Crippen LogP contribution in [0.3, 0.4) is 0 Å². The van der Waals surface area contributed by atoms with E-state index in [1.54, 1.807) is 0 Å². The van der Waals surface area contributed by atoms with Crippen molar-refractivity contribution in [3.8, 4) is 5.75 Å². The number of aromatic nitrogens is 2. The average Bonchev–Trinajstić information content (AvgIpc) is 3.02. The summed E-state index contributed by atoms with van der Waals surface area (Å²) < 4.78 is 7.67. The van der Waals surface area contributed by atoms with Crippen LogP contribution in [0.5, 0.6) is 5.75 Å². The van der Waals surface area contributed by atoms with Crippen LogP contribution in [0.4, 0.5) is 0 Å². The van der Waals surface area contributed by atoms with Crippen molar-refractivity contribution in [1.82, 2.24) is 14.7 Å². The summed E-state index contributed by atoms with van der Waals surface area (Å²) in [5.74, 6) is 1.34. The highest BCUT2D eigenvalue weighted by atomic mass is 127. The molecule has 0 saturated heterocycles. The third-order valence-electron chi connectivity index (χ3n) is 4.36. The summed E-state index contributed by atoms with van der Waals surface area (Å²) in [7, 11) is 0. The second kappa shape index (κ2) is 7.94. The Hall–Kier alpha value is -2.29. The van der Waals surface area contributed by atoms with Crippen molar-refractivity contribution in [3.05, 3.63) is 65.6 Å². The number of fused-ring (bicyclic) bond motifs is 2. The first-order valence-electron chi connectivity index (χ1n) is 8.41. The number of benzene rings is 1. The predicted molar refractivity (Wildman–Crippen MR) is 113 cm³/mol. The normalized spacial score (nSPS) is 16.5. The number of aryl methyl sites for hydroxylation is 1. The number of para-hydroxylation sites is 1. The highest BCUT2D eigenvalue weighted by molar-refractivity contribution is 14.0. The number of hydrogen-bond donors (Lipinski definition) is 2. The molecular weight excluding hydrogens is 441 g/mol. The molecule has 0 radical (unpaired) electrons. The number of guanidine groups is 1. The van der Waals surface area contributed by atoms with Gasteiger partial charge in [-0.05, 0) is 30.7 Å². The highest BCUT2D eigenvalue weighted by Gasteiger charge is 2.21. The number of rotatable bonds is 3. The molecule has 0 amide bonds. The number of pyridine rings is 1. The Balaban J connectivity index is 0.00000196. The van der Waals surface area contributed by atoms with E-state index in [4.69, 9.17) is 10.5 Å². The van der Waals surface area contributed by atoms with Crippen LogP contribution < -0.4 is 15.8 Å². The van der Waals surface area contributed by atoms with Gasteiger partial charge in [-0.15, -0.1) is 24.0 Å². The van der Waals surface area contributed by atoms with Gasteiger partial charge >= 0.3 is 0 Å². The standard InChI is InChI=1S/C19H21N5O.HI/c1-13-6-8-24-12-14(22-18(24)10-13)11-21-19(20)23-16-7-9-25-17-5-3-2-4-15(16)17;/h2-6,8,10,12,16H,7,9,11H2,1H3,(H3,20,21,23);1H. The zero-order valence-electron chi connectivity index (χ0n) is 14.6. The van der Waals surface area contributed by atoms with E-state index in [1.165, 1.54) is 5.56 Å². The lowest BCUT2D eigenvalue weighted by Crippen LogP contribution is -2.37. The van der Waals surface area contributed by atoms with Crippen molar-refractivity contribution < 1.29 is 4.74 Å². The largest absolute Gasteiger partial charge is 0.493 e. The molecular formula is C19H22IN5O. The zero-order valence-corrected chi connectivity index (χ0v) is 16.9. The van der Waals surface area contributed by atoms with Crippen molar-refractivity contribution in [2.24, 2.45) is 10.7 Å². The Bertz CT molecular complexity index is 937. The molecule has 1 aliphatic heterocycles. The minimum atomic E-state index is 0. The van der Waals surface area contributed by atoms with Crippen molar-refractivity contribution >= 4 is 35.6 Å². The first-order chi connectivity index (χ1) is 12.2. The molecule has 26 heavy (non-hydrogen) atoms. The van der Waals surface area contributed by atoms with E-state index in [2.05, 4.69) is 34.3 Å². The summed E-state index contributed by atoms with van der Waals surface area (Å²) in [6.45, 7) is 3.18. The van der Waals surface area contributed by atoms with Crippen LogP contribution in [0.1, 0.15) is 29.3 Å². The molecule has 1 aliphatic rings. The van der Waals surface area contributed by atoms with Crippen LogP contribution in [0, 0.1) is 6.92 Å². The molecule has 1 aromatic carbocycles. The molecule has 0 spiro atoms. The van der Waals surface area contributed by atoms with Crippen LogP contribution in [0.15, 0.2) is 53.8 Å². The quantitative estimate of drug-likeness (QED) is 0.356. The third kappa shape index (κ3) is 3.92. The van der Waals surface area contributed by atoms with E-state index >= 15 is 0 Å². The number of nitrogens with one attached hydrogen (secondary N) is 1. The molecule has 0 saturated carbocycles. The van der Waals surface area contributed by atoms with Crippen LogP contribution in [0.25, 0.3) is 5.65 Å². The summed E-state index contributed by atoms with van der Waals surface area (Å²) >= 11 is 0. The van der Waals surface area contributed by atoms with E-state index in [9.17, 15) is 0 Å². The zero-order chi connectivity index (χ0) is 17.2. The Morgan fingerprint density at radius 1 is 1.38 bits per heavy atom. The van der Waals surface area contributed by atoms with Crippen LogP contribution in [-0.2, 0) is 6.54 Å². The summed E-state index contributed by atoms with van der Waals surface area (Å²) in [5, 5.41) is 3.30. The minimum Gasteiger partial charge on any atom is -0.493 e. The predicted octanol–water partition coefficient (Wildman–Crippen LogP) is 3.19. The molecule has 136 valence electrons. The maximum absolute atomic E-state index is 6.09. The van der Waals surface area contributed by atoms with E-state index < -0.39 is 0 Å². The van der Waals surface area contributed by atoms with Gasteiger partial charge in [-0.2, -0.15) is 0 Å². The van der Waals surface area contributed by atoms with Gasteiger partial charge in [-0.25, -0.2) is 9.98 Å². The molecule has 6 nitrogen and oxygen atoms in total. The molecule has 0 aliphatic carbocycles. The van der Waals surface area contributed by atoms with Crippen LogP contribution in [-0.4, -0.2) is 22.0 Å². The number of imidazole rings is 1. The first-order valence-corrected chi connectivity index (χ1v) is 8.41.